The highest BCUT2D eigenvalue weighted by atomic mass is 36.2. The Hall–Kier alpha value is -3.06. The fourth-order valence-electron chi connectivity index (χ4n) is 6.18. The minimum Gasteiger partial charge on any atom is -0.311 e. The van der Waals surface area contributed by atoms with Gasteiger partial charge in [0.2, 0.25) is 7.42 Å². The molecule has 0 spiro atoms. The molecule has 6 rings (SSSR count). The van der Waals surface area contributed by atoms with Crippen LogP contribution in [0.25, 0.3) is 11.1 Å². The summed E-state index contributed by atoms with van der Waals surface area (Å²) >= 11 is 12.2. The summed E-state index contributed by atoms with van der Waals surface area (Å²) in [5, 5.41) is 0. The minimum atomic E-state index is -2.05. The first-order chi connectivity index (χ1) is 24.7. The van der Waals surface area contributed by atoms with Crippen LogP contribution in [0.3, 0.4) is 0 Å². The van der Waals surface area contributed by atoms with Gasteiger partial charge in [-0.25, -0.2) is 0 Å². The quantitative estimate of drug-likeness (QED) is 0.0753. The second-order valence-electron chi connectivity index (χ2n) is 12.4. The maximum Gasteiger partial charge on any atom is 0.237 e. The van der Waals surface area contributed by atoms with Gasteiger partial charge in [-0.1, -0.05) is 84.9 Å². The van der Waals surface area contributed by atoms with E-state index in [4.69, 9.17) is 54.2 Å². The van der Waals surface area contributed by atoms with Crippen LogP contribution in [0.4, 0.5) is 34.1 Å². The van der Waals surface area contributed by atoms with Crippen LogP contribution in [-0.2, 0) is 12.8 Å². The molecular weight excluding hydrogens is 770 g/mol. The molecule has 9 heteroatoms. The summed E-state index contributed by atoms with van der Waals surface area (Å²) in [4.78, 5) is 4.57. The van der Waals surface area contributed by atoms with E-state index in [0.717, 1.165) is 77.0 Å². The Balaban J connectivity index is 1.22. The summed E-state index contributed by atoms with van der Waals surface area (Å²) in [7, 11) is 14.5. The molecule has 0 saturated heterocycles. The summed E-state index contributed by atoms with van der Waals surface area (Å²) in [6.07, 6.45) is 3.73. The van der Waals surface area contributed by atoms with Crippen LogP contribution in [0.5, 0.6) is 0 Å². The summed E-state index contributed by atoms with van der Waals surface area (Å²) < 4.78 is 0. The van der Waals surface area contributed by atoms with Crippen LogP contribution in [0.2, 0.25) is 6.04 Å². The fourth-order valence-corrected chi connectivity index (χ4v) is 9.07. The van der Waals surface area contributed by atoms with E-state index in [9.17, 15) is 0 Å². The lowest BCUT2D eigenvalue weighted by molar-refractivity contribution is 0.916. The summed E-state index contributed by atoms with van der Waals surface area (Å²) in [6.45, 7) is 0. The lowest BCUT2D eigenvalue weighted by atomic mass is 10.0. The molecule has 0 radical (unpaired) electrons. The van der Waals surface area contributed by atoms with Gasteiger partial charge in [-0.15, -0.1) is 0 Å². The van der Waals surface area contributed by atoms with E-state index >= 15 is 0 Å². The summed E-state index contributed by atoms with van der Waals surface area (Å²) in [5.41, 5.74) is 11.4. The largest absolute Gasteiger partial charge is 0.311 e. The zero-order chi connectivity index (χ0) is 35.6. The Morgan fingerprint density at radius 2 is 0.745 bits per heavy atom. The number of hydrogen-bond donors (Lipinski definition) is 0. The van der Waals surface area contributed by atoms with Crippen LogP contribution in [0.15, 0.2) is 158 Å². The van der Waals surface area contributed by atoms with Gasteiger partial charge in [-0.05, 0) is 166 Å². The first kappa shape index (κ1) is 37.7. The van der Waals surface area contributed by atoms with E-state index in [2.05, 4.69) is 155 Å². The van der Waals surface area contributed by atoms with Crippen LogP contribution >= 0.6 is 61.9 Å². The van der Waals surface area contributed by atoms with E-state index in [1.54, 1.807) is 0 Å². The molecule has 0 aliphatic rings. The van der Waals surface area contributed by atoms with Crippen molar-refractivity contribution in [3.8, 4) is 11.1 Å². The molecule has 0 N–H and O–H groups in total. The number of benzene rings is 6. The minimum absolute atomic E-state index is 0.608. The first-order valence-electron chi connectivity index (χ1n) is 17.0. The normalized spacial score (nSPS) is 11.8. The summed E-state index contributed by atoms with van der Waals surface area (Å²) in [5.74, 6) is 0.608. The SMILES string of the molecule is Cl[SiH](Cl)CCCc1ccc(N(c2ccccc2)c2ccc(-c3ccc(N(c4ccccc4)c4ccc(CCCS(Cl)(Cl)Cl)cc4)cc3)cc2)cc1. The van der Waals surface area contributed by atoms with Gasteiger partial charge in [0.1, 0.15) is 0 Å². The Morgan fingerprint density at radius 1 is 0.412 bits per heavy atom. The van der Waals surface area contributed by atoms with E-state index in [-0.39, 0.29) is 0 Å². The fraction of sp³-hybridized carbons (Fsp3) is 0.143. The zero-order valence-electron chi connectivity index (χ0n) is 28.0. The second kappa shape index (κ2) is 18.1. The van der Waals surface area contributed by atoms with E-state index < -0.39 is 15.1 Å². The Labute approximate surface area is 328 Å². The molecule has 0 fully saturated rings. The Kier molecular flexibility index (Phi) is 13.4. The van der Waals surface area contributed by atoms with Crippen molar-refractivity contribution in [2.75, 3.05) is 15.6 Å². The third-order valence-electron chi connectivity index (χ3n) is 8.73. The predicted octanol–water partition coefficient (Wildman–Crippen LogP) is 15.1. The van der Waals surface area contributed by atoms with Crippen LogP contribution < -0.4 is 9.80 Å². The molecule has 0 aliphatic carbocycles. The van der Waals surface area contributed by atoms with Crippen molar-refractivity contribution in [2.45, 2.75) is 31.7 Å². The monoisotopic (exact) mass is 806 g/mol. The Morgan fingerprint density at radius 3 is 1.10 bits per heavy atom. The highest BCUT2D eigenvalue weighted by Gasteiger charge is 2.16. The molecule has 0 aliphatic heterocycles. The lowest BCUT2D eigenvalue weighted by Gasteiger charge is -2.26. The van der Waals surface area contributed by atoms with Gasteiger partial charge in [-0.3, -0.25) is 0 Å². The maximum atomic E-state index is 6.08. The van der Waals surface area contributed by atoms with Crippen molar-refractivity contribution in [2.24, 2.45) is 0 Å². The van der Waals surface area contributed by atoms with Gasteiger partial charge < -0.3 is 9.80 Å². The second-order valence-corrected chi connectivity index (χ2v) is 25.1. The number of rotatable bonds is 15. The van der Waals surface area contributed by atoms with Crippen molar-refractivity contribution in [3.63, 3.8) is 0 Å². The molecule has 0 heterocycles. The molecule has 51 heavy (non-hydrogen) atoms. The number of nitrogens with zero attached hydrogens (tertiary/aromatic N) is 2. The molecule has 6 aromatic rings. The van der Waals surface area contributed by atoms with E-state index in [0.29, 0.717) is 5.75 Å². The van der Waals surface area contributed by atoms with Crippen molar-refractivity contribution in [1.82, 2.24) is 0 Å². The molecule has 0 atom stereocenters. The molecule has 262 valence electrons. The number of halogens is 5. The number of aryl methyl sites for hydroxylation is 2. The molecular formula is C42H39Cl5N2SSi. The standard InChI is InChI=1S/C42H39Cl5N2SSi/c43-50(44,45)31-7-9-33-15-23-39(24-16-33)48(37-11-3-1-4-12-37)41-27-19-35(20-28-41)36-21-29-42(30-22-36)49(38-13-5-2-6-14-38)40-25-17-34(18-26-40)10-8-32-51(46)47/h1-6,11-30,51H,7-10,31-32H2. The van der Waals surface area contributed by atoms with Crippen LogP contribution in [0.1, 0.15) is 24.0 Å². The summed E-state index contributed by atoms with van der Waals surface area (Å²) in [6, 6.07) is 56.9. The smallest absolute Gasteiger partial charge is 0.237 e. The molecule has 0 amide bonds. The first-order valence-corrected chi connectivity index (χ1v) is 25.6. The van der Waals surface area contributed by atoms with Crippen molar-refractivity contribution < 1.29 is 0 Å². The van der Waals surface area contributed by atoms with Crippen LogP contribution in [0, 0.1) is 0 Å². The molecule has 6 aromatic carbocycles. The highest BCUT2D eigenvalue weighted by Crippen LogP contribution is 2.63. The molecule has 2 nitrogen and oxygen atoms in total. The number of anilines is 6. The third kappa shape index (κ3) is 10.7. The molecule has 0 aromatic heterocycles. The highest BCUT2D eigenvalue weighted by molar-refractivity contribution is 8.79. The van der Waals surface area contributed by atoms with Gasteiger partial charge in [0.15, 0.2) is 0 Å². The van der Waals surface area contributed by atoms with Gasteiger partial charge >= 0.3 is 0 Å². The average Bonchev–Trinajstić information content (AvgIpc) is 3.14. The van der Waals surface area contributed by atoms with E-state index in [1.807, 2.05) is 12.1 Å². The third-order valence-corrected chi connectivity index (χ3v) is 13.0. The molecule has 0 saturated carbocycles. The van der Waals surface area contributed by atoms with Crippen molar-refractivity contribution in [1.29, 1.82) is 0 Å². The maximum absolute atomic E-state index is 6.08. The lowest BCUT2D eigenvalue weighted by Crippen LogP contribution is -2.10. The van der Waals surface area contributed by atoms with Gasteiger partial charge in [0, 0.05) is 39.9 Å². The van der Waals surface area contributed by atoms with Crippen LogP contribution in [-0.4, -0.2) is 13.2 Å². The van der Waals surface area contributed by atoms with Gasteiger partial charge in [0.05, 0.1) is 0 Å². The topological polar surface area (TPSA) is 6.48 Å². The van der Waals surface area contributed by atoms with Gasteiger partial charge in [-0.2, -0.15) is 22.2 Å². The van der Waals surface area contributed by atoms with Crippen molar-refractivity contribution in [3.05, 3.63) is 169 Å². The van der Waals surface area contributed by atoms with Gasteiger partial charge in [0.25, 0.3) is 0 Å². The molecule has 0 unspecified atom stereocenters. The number of hydrogen-bond acceptors (Lipinski definition) is 2. The zero-order valence-corrected chi connectivity index (χ0v) is 33.8. The van der Waals surface area contributed by atoms with E-state index in [1.165, 1.54) is 11.1 Å². The molecule has 0 bridgehead atoms. The Bertz CT molecular complexity index is 1940. The van der Waals surface area contributed by atoms with Crippen molar-refractivity contribution >= 4 is 103 Å². The average molecular weight is 809 g/mol. The number of para-hydroxylation sites is 2. The predicted molar refractivity (Wildman–Crippen MR) is 232 cm³/mol.